The molecule has 0 spiro atoms. The van der Waals surface area contributed by atoms with Gasteiger partial charge in [0, 0.05) is 17.1 Å². The Morgan fingerprint density at radius 2 is 2.17 bits per heavy atom. The number of hydrogen-bond donors (Lipinski definition) is 3. The number of carbonyl (C=O) groups is 1. The molecule has 2 rings (SSSR count). The Balaban J connectivity index is 1.84. The second kappa shape index (κ2) is 6.18. The van der Waals surface area contributed by atoms with Crippen molar-refractivity contribution in [3.63, 3.8) is 0 Å². The molecule has 0 saturated carbocycles. The smallest absolute Gasteiger partial charge is 0.321 e. The maximum absolute atomic E-state index is 11.6. The molecule has 0 bridgehead atoms. The van der Waals surface area contributed by atoms with Crippen molar-refractivity contribution in [3.05, 3.63) is 0 Å². The monoisotopic (exact) mass is 290 g/mol. The summed E-state index contributed by atoms with van der Waals surface area (Å²) in [5.41, 5.74) is 0. The minimum absolute atomic E-state index is 0.132. The first-order valence-corrected chi connectivity index (χ1v) is 7.25. The fourth-order valence-corrected chi connectivity index (χ4v) is 2.70. The summed E-state index contributed by atoms with van der Waals surface area (Å²) >= 11 is -1.60. The third kappa shape index (κ3) is 3.70. The number of urea groups is 1. The van der Waals surface area contributed by atoms with Gasteiger partial charge in [0.1, 0.15) is 0 Å². The van der Waals surface area contributed by atoms with Gasteiger partial charge in [-0.2, -0.15) is 0 Å². The molecule has 18 heavy (non-hydrogen) atoms. The zero-order valence-electron chi connectivity index (χ0n) is 9.34. The maximum Gasteiger partial charge on any atom is 0.321 e. The van der Waals surface area contributed by atoms with Crippen molar-refractivity contribution in [2.75, 3.05) is 18.4 Å². The molecule has 1 aliphatic heterocycles. The van der Waals surface area contributed by atoms with E-state index in [1.807, 2.05) is 0 Å². The first-order chi connectivity index (χ1) is 8.65. The Morgan fingerprint density at radius 1 is 1.44 bits per heavy atom. The summed E-state index contributed by atoms with van der Waals surface area (Å²) in [4.78, 5) is 11.6. The van der Waals surface area contributed by atoms with Crippen LogP contribution < -0.4 is 16.0 Å². The SMILES string of the molecule is O=C(Nc1nnc(S(=O)[O-])s1)NC1CCNCC1. The lowest BCUT2D eigenvalue weighted by atomic mass is 10.1. The Kier molecular flexibility index (Phi) is 4.58. The molecule has 1 aliphatic rings. The van der Waals surface area contributed by atoms with Crippen molar-refractivity contribution < 1.29 is 13.6 Å². The van der Waals surface area contributed by atoms with Crippen LogP contribution in [0.25, 0.3) is 0 Å². The van der Waals surface area contributed by atoms with Gasteiger partial charge >= 0.3 is 6.03 Å². The molecule has 1 fully saturated rings. The molecule has 0 aliphatic carbocycles. The van der Waals surface area contributed by atoms with Crippen LogP contribution in [0.15, 0.2) is 4.34 Å². The van der Waals surface area contributed by atoms with Crippen molar-refractivity contribution in [1.82, 2.24) is 20.8 Å². The van der Waals surface area contributed by atoms with E-state index < -0.39 is 11.1 Å². The average molecular weight is 290 g/mol. The van der Waals surface area contributed by atoms with Gasteiger partial charge in [0.25, 0.3) is 0 Å². The van der Waals surface area contributed by atoms with Gasteiger partial charge in [-0.05, 0) is 25.9 Å². The third-order valence-corrected chi connectivity index (χ3v) is 4.10. The quantitative estimate of drug-likeness (QED) is 0.517. The summed E-state index contributed by atoms with van der Waals surface area (Å²) in [5, 5.41) is 15.6. The number of nitrogens with zero attached hydrogens (tertiary/aromatic N) is 2. The highest BCUT2D eigenvalue weighted by molar-refractivity contribution is 7.81. The zero-order chi connectivity index (χ0) is 13.0. The summed E-state index contributed by atoms with van der Waals surface area (Å²) < 4.78 is 21.0. The van der Waals surface area contributed by atoms with Crippen LogP contribution in [0.5, 0.6) is 0 Å². The van der Waals surface area contributed by atoms with Crippen LogP contribution in [-0.4, -0.2) is 44.1 Å². The summed E-state index contributed by atoms with van der Waals surface area (Å²) in [5.74, 6) is 0. The van der Waals surface area contributed by atoms with E-state index in [0.29, 0.717) is 0 Å². The highest BCUT2D eigenvalue weighted by atomic mass is 32.2. The van der Waals surface area contributed by atoms with E-state index in [9.17, 15) is 13.6 Å². The van der Waals surface area contributed by atoms with Crippen molar-refractivity contribution in [2.45, 2.75) is 23.2 Å². The largest absolute Gasteiger partial charge is 0.767 e. The van der Waals surface area contributed by atoms with Gasteiger partial charge in [0.05, 0.1) is 0 Å². The highest BCUT2D eigenvalue weighted by Gasteiger charge is 2.16. The number of anilines is 1. The summed E-state index contributed by atoms with van der Waals surface area (Å²) in [6, 6.07) is -0.256. The van der Waals surface area contributed by atoms with Crippen LogP contribution in [0.3, 0.4) is 0 Å². The molecule has 1 atom stereocenters. The van der Waals surface area contributed by atoms with Gasteiger partial charge in [0.15, 0.2) is 4.34 Å². The molecule has 1 saturated heterocycles. The van der Waals surface area contributed by atoms with E-state index in [0.717, 1.165) is 37.3 Å². The lowest BCUT2D eigenvalue weighted by molar-refractivity contribution is 0.245. The van der Waals surface area contributed by atoms with Crippen molar-refractivity contribution in [3.8, 4) is 0 Å². The van der Waals surface area contributed by atoms with E-state index >= 15 is 0 Å². The molecule has 0 radical (unpaired) electrons. The minimum Gasteiger partial charge on any atom is -0.767 e. The fraction of sp³-hybridized carbons (Fsp3) is 0.625. The lowest BCUT2D eigenvalue weighted by Gasteiger charge is -2.23. The van der Waals surface area contributed by atoms with Crippen molar-refractivity contribution >= 4 is 33.6 Å². The Morgan fingerprint density at radius 3 is 2.78 bits per heavy atom. The number of hydrogen-bond acceptors (Lipinski definition) is 7. The normalized spacial score (nSPS) is 18.3. The molecule has 2 amide bonds. The van der Waals surface area contributed by atoms with Crippen LogP contribution in [-0.2, 0) is 11.1 Å². The predicted octanol–water partition coefficient (Wildman–Crippen LogP) is -0.350. The fourth-order valence-electron chi connectivity index (χ4n) is 1.61. The van der Waals surface area contributed by atoms with Gasteiger partial charge in [0.2, 0.25) is 5.13 Å². The number of carbonyl (C=O) groups excluding carboxylic acids is 1. The van der Waals surface area contributed by atoms with Crippen LogP contribution in [0.4, 0.5) is 9.93 Å². The number of amides is 2. The van der Waals surface area contributed by atoms with Crippen LogP contribution in [0, 0.1) is 0 Å². The molecule has 2 heterocycles. The number of nitrogens with one attached hydrogen (secondary N) is 3. The van der Waals surface area contributed by atoms with E-state index in [1.165, 1.54) is 0 Å². The molecule has 1 aromatic heterocycles. The Hall–Kier alpha value is -1.10. The van der Waals surface area contributed by atoms with E-state index in [1.54, 1.807) is 0 Å². The molecule has 1 unspecified atom stereocenters. The third-order valence-electron chi connectivity index (χ3n) is 2.44. The molecule has 1 aromatic rings. The van der Waals surface area contributed by atoms with Crippen LogP contribution in [0.1, 0.15) is 12.8 Å². The second-order valence-corrected chi connectivity index (χ2v) is 5.82. The average Bonchev–Trinajstić information content (AvgIpc) is 2.78. The van der Waals surface area contributed by atoms with Gasteiger partial charge in [-0.3, -0.25) is 9.53 Å². The molecular weight excluding hydrogens is 278 g/mol. The standard InChI is InChI=1S/C8H13N5O3S2/c14-6(10-5-1-3-9-4-2-5)11-7-12-13-8(17-7)18(15)16/h5,9H,1-4H2,(H,15,16)(H2,10,11,12,14)/p-1. The first-order valence-electron chi connectivity index (χ1n) is 5.36. The topological polar surface area (TPSA) is 119 Å². The second-order valence-electron chi connectivity index (χ2n) is 3.73. The number of aromatic nitrogens is 2. The Bertz CT molecular complexity index is 446. The van der Waals surface area contributed by atoms with E-state index in [4.69, 9.17) is 0 Å². The molecule has 100 valence electrons. The lowest BCUT2D eigenvalue weighted by Crippen LogP contribution is -2.44. The Labute approximate surface area is 110 Å². The zero-order valence-corrected chi connectivity index (χ0v) is 11.0. The van der Waals surface area contributed by atoms with Gasteiger partial charge in [-0.25, -0.2) is 4.79 Å². The molecule has 10 heteroatoms. The van der Waals surface area contributed by atoms with Gasteiger partial charge in [-0.1, -0.05) is 11.3 Å². The molecule has 3 N–H and O–H groups in total. The molecule has 8 nitrogen and oxygen atoms in total. The van der Waals surface area contributed by atoms with E-state index in [-0.39, 0.29) is 21.5 Å². The number of rotatable bonds is 3. The van der Waals surface area contributed by atoms with Gasteiger partial charge in [-0.15, -0.1) is 10.2 Å². The van der Waals surface area contributed by atoms with Crippen LogP contribution in [0.2, 0.25) is 0 Å². The summed E-state index contributed by atoms with van der Waals surface area (Å²) in [6.07, 6.45) is 1.75. The minimum atomic E-state index is -2.41. The van der Waals surface area contributed by atoms with E-state index in [2.05, 4.69) is 26.1 Å². The molecular formula is C8H12N5O3S2-. The summed E-state index contributed by atoms with van der Waals surface area (Å²) in [7, 11) is 0. The maximum atomic E-state index is 11.6. The first kappa shape index (κ1) is 13.3. The predicted molar refractivity (Wildman–Crippen MR) is 65.1 cm³/mol. The highest BCUT2D eigenvalue weighted by Crippen LogP contribution is 2.17. The van der Waals surface area contributed by atoms with Crippen molar-refractivity contribution in [2.24, 2.45) is 0 Å². The van der Waals surface area contributed by atoms with Crippen LogP contribution >= 0.6 is 11.3 Å². The van der Waals surface area contributed by atoms with Crippen molar-refractivity contribution in [1.29, 1.82) is 0 Å². The molecule has 0 aromatic carbocycles. The number of piperidine rings is 1. The van der Waals surface area contributed by atoms with Gasteiger partial charge < -0.3 is 15.2 Å². The summed E-state index contributed by atoms with van der Waals surface area (Å²) in [6.45, 7) is 1.76.